The number of aromatic nitrogens is 4. The van der Waals surface area contributed by atoms with Crippen molar-refractivity contribution in [3.8, 4) is 11.4 Å². The first-order valence-electron chi connectivity index (χ1n) is 7.85. The van der Waals surface area contributed by atoms with Gasteiger partial charge in [0, 0.05) is 23.2 Å². The summed E-state index contributed by atoms with van der Waals surface area (Å²) >= 11 is 6.13. The highest BCUT2D eigenvalue weighted by Gasteiger charge is 2.18. The number of methoxy groups -OCH3 is 1. The summed E-state index contributed by atoms with van der Waals surface area (Å²) in [5.74, 6) is -0.406. The van der Waals surface area contributed by atoms with Crippen LogP contribution in [0.1, 0.15) is 17.3 Å². The molecule has 1 aromatic carbocycles. The van der Waals surface area contributed by atoms with Gasteiger partial charge in [0.2, 0.25) is 0 Å². The maximum atomic E-state index is 12.0. The summed E-state index contributed by atoms with van der Waals surface area (Å²) < 4.78 is 6.74. The molecule has 0 spiro atoms. The molecule has 0 saturated heterocycles. The number of carbonyl (C=O) groups excluding carboxylic acids is 1. The molecule has 4 aromatic rings. The van der Waals surface area contributed by atoms with Crippen molar-refractivity contribution < 1.29 is 9.53 Å². The molecular formula is C18H15ClN4O2. The standard InChI is InChI=1S/C18H15ClN4O2/c1-3-23-15-8-10(19)4-5-11(15)17(22-23)14-9-13-16(21-14)12(6-7-20-13)18(24)25-2/h4-9,21H,3H2,1-2H3. The molecule has 0 aliphatic carbocycles. The zero-order valence-corrected chi connectivity index (χ0v) is 14.5. The Kier molecular flexibility index (Phi) is 3.69. The molecular weight excluding hydrogens is 340 g/mol. The van der Waals surface area contributed by atoms with Crippen molar-refractivity contribution >= 4 is 39.5 Å². The molecule has 0 amide bonds. The molecule has 0 aliphatic rings. The molecule has 0 atom stereocenters. The Labute approximate surface area is 148 Å². The summed E-state index contributed by atoms with van der Waals surface area (Å²) in [4.78, 5) is 19.6. The van der Waals surface area contributed by atoms with Crippen LogP contribution in [0.25, 0.3) is 33.3 Å². The maximum Gasteiger partial charge on any atom is 0.340 e. The first-order valence-corrected chi connectivity index (χ1v) is 8.22. The van der Waals surface area contributed by atoms with E-state index in [4.69, 9.17) is 21.4 Å². The first-order chi connectivity index (χ1) is 12.1. The second-order valence-corrected chi connectivity index (χ2v) is 6.06. The lowest BCUT2D eigenvalue weighted by Crippen LogP contribution is -2.02. The highest BCUT2D eigenvalue weighted by atomic mass is 35.5. The van der Waals surface area contributed by atoms with Gasteiger partial charge in [-0.15, -0.1) is 0 Å². The quantitative estimate of drug-likeness (QED) is 0.563. The van der Waals surface area contributed by atoms with Crippen LogP contribution in [-0.4, -0.2) is 32.8 Å². The molecule has 0 aliphatic heterocycles. The van der Waals surface area contributed by atoms with E-state index < -0.39 is 5.97 Å². The lowest BCUT2D eigenvalue weighted by Gasteiger charge is -1.99. The zero-order chi connectivity index (χ0) is 17.6. The van der Waals surface area contributed by atoms with Crippen LogP contribution in [0.5, 0.6) is 0 Å². The van der Waals surface area contributed by atoms with Crippen molar-refractivity contribution in [2.75, 3.05) is 7.11 Å². The number of benzene rings is 1. The van der Waals surface area contributed by atoms with E-state index in [9.17, 15) is 4.79 Å². The predicted octanol–water partition coefficient (Wildman–Crippen LogP) is 4.04. The number of hydrogen-bond donors (Lipinski definition) is 1. The van der Waals surface area contributed by atoms with E-state index in [0.29, 0.717) is 21.6 Å². The van der Waals surface area contributed by atoms with Gasteiger partial charge in [-0.2, -0.15) is 5.10 Å². The average Bonchev–Trinajstić information content (AvgIpc) is 3.21. The topological polar surface area (TPSA) is 72.8 Å². The number of rotatable bonds is 3. The maximum absolute atomic E-state index is 12.0. The molecule has 6 nitrogen and oxygen atoms in total. The number of halogens is 1. The fourth-order valence-electron chi connectivity index (χ4n) is 3.02. The molecule has 7 heteroatoms. The average molecular weight is 355 g/mol. The Morgan fingerprint density at radius 1 is 1.32 bits per heavy atom. The SMILES string of the molecule is CCn1nc(-c2cc3nccc(C(=O)OC)c3[nH]2)c2ccc(Cl)cc21. The van der Waals surface area contributed by atoms with E-state index in [1.807, 2.05) is 35.9 Å². The third-order valence-electron chi connectivity index (χ3n) is 4.19. The molecule has 0 bridgehead atoms. The summed E-state index contributed by atoms with van der Waals surface area (Å²) in [5, 5.41) is 6.34. The minimum atomic E-state index is -0.406. The molecule has 3 heterocycles. The minimum absolute atomic E-state index is 0.406. The van der Waals surface area contributed by atoms with Crippen LogP contribution in [0.15, 0.2) is 36.5 Å². The summed E-state index contributed by atoms with van der Waals surface area (Å²) in [5.41, 5.74) is 4.31. The number of aromatic amines is 1. The Morgan fingerprint density at radius 3 is 2.92 bits per heavy atom. The van der Waals surface area contributed by atoms with Crippen molar-refractivity contribution in [1.82, 2.24) is 19.7 Å². The van der Waals surface area contributed by atoms with Gasteiger partial charge in [-0.3, -0.25) is 9.67 Å². The normalized spacial score (nSPS) is 11.3. The molecule has 0 saturated carbocycles. The van der Waals surface area contributed by atoms with Gasteiger partial charge in [0.05, 0.1) is 34.9 Å². The van der Waals surface area contributed by atoms with Crippen LogP contribution in [0.4, 0.5) is 0 Å². The molecule has 126 valence electrons. The number of esters is 1. The Morgan fingerprint density at radius 2 is 2.16 bits per heavy atom. The van der Waals surface area contributed by atoms with Crippen LogP contribution in [0.3, 0.4) is 0 Å². The highest BCUT2D eigenvalue weighted by Crippen LogP contribution is 2.31. The second kappa shape index (κ2) is 5.89. The lowest BCUT2D eigenvalue weighted by molar-refractivity contribution is 0.0602. The number of fused-ring (bicyclic) bond motifs is 2. The van der Waals surface area contributed by atoms with Crippen LogP contribution < -0.4 is 0 Å². The Balaban J connectivity index is 1.96. The molecule has 3 aromatic heterocycles. The van der Waals surface area contributed by atoms with E-state index >= 15 is 0 Å². The molecule has 25 heavy (non-hydrogen) atoms. The van der Waals surface area contributed by atoms with Gasteiger partial charge >= 0.3 is 5.97 Å². The largest absolute Gasteiger partial charge is 0.465 e. The van der Waals surface area contributed by atoms with Crippen molar-refractivity contribution in [1.29, 1.82) is 0 Å². The highest BCUT2D eigenvalue weighted by molar-refractivity contribution is 6.31. The van der Waals surface area contributed by atoms with Gasteiger partial charge in [-0.25, -0.2) is 4.79 Å². The summed E-state index contributed by atoms with van der Waals surface area (Å²) in [6.45, 7) is 2.75. The lowest BCUT2D eigenvalue weighted by atomic mass is 10.1. The predicted molar refractivity (Wildman–Crippen MR) is 96.8 cm³/mol. The number of carbonyl (C=O) groups is 1. The van der Waals surface area contributed by atoms with E-state index in [2.05, 4.69) is 9.97 Å². The summed E-state index contributed by atoms with van der Waals surface area (Å²) in [6.07, 6.45) is 1.59. The Hall–Kier alpha value is -2.86. The molecule has 0 unspecified atom stereocenters. The van der Waals surface area contributed by atoms with E-state index in [1.165, 1.54) is 7.11 Å². The summed E-state index contributed by atoms with van der Waals surface area (Å²) in [7, 11) is 1.36. The van der Waals surface area contributed by atoms with Gasteiger partial charge in [0.1, 0.15) is 5.69 Å². The van der Waals surface area contributed by atoms with E-state index in [0.717, 1.165) is 28.8 Å². The van der Waals surface area contributed by atoms with Crippen LogP contribution in [-0.2, 0) is 11.3 Å². The molecule has 1 N–H and O–H groups in total. The monoisotopic (exact) mass is 354 g/mol. The van der Waals surface area contributed by atoms with Gasteiger partial charge in [-0.1, -0.05) is 11.6 Å². The van der Waals surface area contributed by atoms with Gasteiger partial charge in [0.25, 0.3) is 0 Å². The van der Waals surface area contributed by atoms with E-state index in [1.54, 1.807) is 12.3 Å². The number of H-pyrrole nitrogens is 1. The third kappa shape index (κ3) is 2.46. The van der Waals surface area contributed by atoms with Crippen molar-refractivity contribution in [2.45, 2.75) is 13.5 Å². The van der Waals surface area contributed by atoms with Gasteiger partial charge in [0.15, 0.2) is 0 Å². The number of hydrogen-bond acceptors (Lipinski definition) is 4. The van der Waals surface area contributed by atoms with Crippen LogP contribution in [0.2, 0.25) is 5.02 Å². The summed E-state index contributed by atoms with van der Waals surface area (Å²) in [6, 6.07) is 9.22. The minimum Gasteiger partial charge on any atom is -0.465 e. The fourth-order valence-corrected chi connectivity index (χ4v) is 3.19. The third-order valence-corrected chi connectivity index (χ3v) is 4.43. The number of pyridine rings is 1. The second-order valence-electron chi connectivity index (χ2n) is 5.62. The number of aryl methyl sites for hydroxylation is 1. The smallest absolute Gasteiger partial charge is 0.340 e. The van der Waals surface area contributed by atoms with Crippen molar-refractivity contribution in [2.24, 2.45) is 0 Å². The van der Waals surface area contributed by atoms with Gasteiger partial charge in [-0.05, 0) is 37.3 Å². The fraction of sp³-hybridized carbons (Fsp3) is 0.167. The number of nitrogens with zero attached hydrogens (tertiary/aromatic N) is 3. The van der Waals surface area contributed by atoms with Crippen LogP contribution in [0, 0.1) is 0 Å². The van der Waals surface area contributed by atoms with E-state index in [-0.39, 0.29) is 0 Å². The molecule has 0 radical (unpaired) electrons. The number of nitrogens with one attached hydrogen (secondary N) is 1. The van der Waals surface area contributed by atoms with Gasteiger partial charge < -0.3 is 9.72 Å². The number of ether oxygens (including phenoxy) is 1. The zero-order valence-electron chi connectivity index (χ0n) is 13.7. The molecule has 0 fully saturated rings. The van der Waals surface area contributed by atoms with Crippen LogP contribution >= 0.6 is 11.6 Å². The van der Waals surface area contributed by atoms with Crippen molar-refractivity contribution in [3.63, 3.8) is 0 Å². The Bertz CT molecular complexity index is 1110. The molecule has 4 rings (SSSR count). The van der Waals surface area contributed by atoms with Crippen molar-refractivity contribution in [3.05, 3.63) is 47.1 Å². The first kappa shape index (κ1) is 15.7.